The number of likely N-dealkylation sites (N-methyl/N-ethyl adjacent to an activating group) is 1. The number of anilines is 2. The molecule has 2 aromatic carbocycles. The van der Waals surface area contributed by atoms with Crippen LogP contribution in [-0.2, 0) is 10.2 Å². The first-order chi connectivity index (χ1) is 20.3. The number of fused-ring (bicyclic) bond motifs is 2. The minimum Gasteiger partial charge on any atom is -0.462 e. The number of halogens is 4. The predicted molar refractivity (Wildman–Crippen MR) is 161 cm³/mol. The Bertz CT molecular complexity index is 1830. The molecule has 2 saturated heterocycles. The standard InChI is InChI=1S/C26H28ClF3N8O3S2/c1-36-7-3-4-14(36)11-41-25-34-22-16(23(35-25)37-8-9-38(43(32,39)40)13-26(29,30)12-37)10-17(27)19(20(22)28)15-5-2-6-18-21(15)33-24(31)42-18/h2,5-6,10,14H,3-4,7-9,11-13H2,1H3,(H2,31,33)(H2,32,39,40)/t14-/m0/s1. The number of hydrogen-bond acceptors (Lipinski definition) is 10. The third-order valence-electron chi connectivity index (χ3n) is 7.73. The van der Waals surface area contributed by atoms with Gasteiger partial charge >= 0.3 is 6.01 Å². The molecule has 11 nitrogen and oxygen atoms in total. The Balaban J connectivity index is 1.51. The van der Waals surface area contributed by atoms with Gasteiger partial charge in [-0.25, -0.2) is 23.3 Å². The molecule has 1 atom stereocenters. The van der Waals surface area contributed by atoms with Crippen LogP contribution in [0.5, 0.6) is 6.01 Å². The molecule has 4 aromatic rings. The molecule has 2 aliphatic rings. The average molecular weight is 657 g/mol. The molecule has 2 aromatic heterocycles. The lowest BCUT2D eigenvalue weighted by Gasteiger charge is -2.26. The van der Waals surface area contributed by atoms with Gasteiger partial charge in [0.1, 0.15) is 17.9 Å². The highest BCUT2D eigenvalue weighted by atomic mass is 35.5. The number of alkyl halides is 2. The molecule has 0 aliphatic carbocycles. The van der Waals surface area contributed by atoms with Crippen LogP contribution in [-0.4, -0.2) is 90.9 Å². The molecule has 0 spiro atoms. The molecule has 0 saturated carbocycles. The zero-order valence-electron chi connectivity index (χ0n) is 22.9. The van der Waals surface area contributed by atoms with Crippen molar-refractivity contribution in [2.24, 2.45) is 5.14 Å². The Kier molecular flexibility index (Phi) is 7.79. The number of nitrogen functional groups attached to an aromatic ring is 1. The fourth-order valence-corrected chi connectivity index (χ4v) is 7.38. The maximum atomic E-state index is 16.6. The van der Waals surface area contributed by atoms with Crippen molar-refractivity contribution in [3.63, 3.8) is 0 Å². The summed E-state index contributed by atoms with van der Waals surface area (Å²) >= 11 is 7.92. The third-order valence-corrected chi connectivity index (χ3v) is 9.91. The summed E-state index contributed by atoms with van der Waals surface area (Å²) in [5.74, 6) is -4.39. The summed E-state index contributed by atoms with van der Waals surface area (Å²) in [6.07, 6.45) is 1.87. The number of hydrogen-bond donors (Lipinski definition) is 2. The minimum absolute atomic E-state index is 0.0118. The first kappa shape index (κ1) is 30.0. The molecular weight excluding hydrogens is 629 g/mol. The largest absolute Gasteiger partial charge is 0.462 e. The van der Waals surface area contributed by atoms with E-state index in [1.165, 1.54) is 22.3 Å². The van der Waals surface area contributed by atoms with Crippen molar-refractivity contribution in [2.45, 2.75) is 24.8 Å². The van der Waals surface area contributed by atoms with Gasteiger partial charge in [-0.15, -0.1) is 0 Å². The molecule has 0 amide bonds. The quantitative estimate of drug-likeness (QED) is 0.317. The molecular formula is C26H28ClF3N8O3S2. The molecule has 0 unspecified atom stereocenters. The molecule has 230 valence electrons. The van der Waals surface area contributed by atoms with Crippen LogP contribution >= 0.6 is 22.9 Å². The van der Waals surface area contributed by atoms with Crippen LogP contribution in [0.4, 0.5) is 24.1 Å². The van der Waals surface area contributed by atoms with Gasteiger partial charge in [-0.3, -0.25) is 0 Å². The Morgan fingerprint density at radius 2 is 1.95 bits per heavy atom. The number of thiazole rings is 1. The highest BCUT2D eigenvalue weighted by Gasteiger charge is 2.41. The lowest BCUT2D eigenvalue weighted by molar-refractivity contribution is 0.000538. The van der Waals surface area contributed by atoms with Crippen molar-refractivity contribution in [3.8, 4) is 17.1 Å². The van der Waals surface area contributed by atoms with Crippen LogP contribution < -0.4 is 20.5 Å². The highest BCUT2D eigenvalue weighted by Crippen LogP contribution is 2.42. The second kappa shape index (κ2) is 11.2. The van der Waals surface area contributed by atoms with E-state index >= 15 is 13.2 Å². The smallest absolute Gasteiger partial charge is 0.319 e. The molecule has 6 rings (SSSR count). The number of nitrogens with zero attached hydrogens (tertiary/aromatic N) is 6. The maximum Gasteiger partial charge on any atom is 0.319 e. The van der Waals surface area contributed by atoms with Crippen molar-refractivity contribution in [2.75, 3.05) is 57.0 Å². The van der Waals surface area contributed by atoms with E-state index in [0.717, 1.165) is 24.1 Å². The van der Waals surface area contributed by atoms with Crippen molar-refractivity contribution in [3.05, 3.63) is 35.1 Å². The highest BCUT2D eigenvalue weighted by molar-refractivity contribution is 7.86. The fourth-order valence-electron chi connectivity index (χ4n) is 5.62. The van der Waals surface area contributed by atoms with Crippen LogP contribution in [0.15, 0.2) is 24.3 Å². The molecule has 2 fully saturated rings. The van der Waals surface area contributed by atoms with Crippen LogP contribution in [0.2, 0.25) is 5.02 Å². The third kappa shape index (κ3) is 5.91. The van der Waals surface area contributed by atoms with Gasteiger partial charge in [0.15, 0.2) is 10.9 Å². The monoisotopic (exact) mass is 656 g/mol. The Morgan fingerprint density at radius 1 is 1.16 bits per heavy atom. The van der Waals surface area contributed by atoms with Gasteiger partial charge in [0.05, 0.1) is 28.3 Å². The van der Waals surface area contributed by atoms with Gasteiger partial charge < -0.3 is 20.3 Å². The number of likely N-dealkylation sites (tertiary alicyclic amines) is 1. The van der Waals surface area contributed by atoms with E-state index in [1.807, 2.05) is 7.05 Å². The summed E-state index contributed by atoms with van der Waals surface area (Å²) < 4.78 is 77.8. The molecule has 0 radical (unpaired) electrons. The van der Waals surface area contributed by atoms with E-state index in [1.54, 1.807) is 18.2 Å². The first-order valence-corrected chi connectivity index (χ1v) is 16.1. The van der Waals surface area contributed by atoms with Crippen molar-refractivity contribution in [1.82, 2.24) is 24.2 Å². The van der Waals surface area contributed by atoms with Crippen LogP contribution in [0.3, 0.4) is 0 Å². The Hall–Kier alpha value is -3.02. The molecule has 2 aliphatic heterocycles. The predicted octanol–water partition coefficient (Wildman–Crippen LogP) is 3.72. The molecule has 4 N–H and O–H groups in total. The summed E-state index contributed by atoms with van der Waals surface area (Å²) in [6.45, 7) is -1.47. The normalized spacial score (nSPS) is 20.2. The van der Waals surface area contributed by atoms with Gasteiger partial charge in [-0.1, -0.05) is 35.1 Å². The first-order valence-electron chi connectivity index (χ1n) is 13.4. The summed E-state index contributed by atoms with van der Waals surface area (Å²) in [7, 11) is -2.43. The van der Waals surface area contributed by atoms with Crippen LogP contribution in [0.1, 0.15) is 12.8 Å². The lowest BCUT2D eigenvalue weighted by atomic mass is 10.0. The minimum atomic E-state index is -4.40. The van der Waals surface area contributed by atoms with Crippen molar-refractivity contribution < 1.29 is 26.3 Å². The number of benzene rings is 2. The number of rotatable bonds is 6. The fraction of sp³-hybridized carbons (Fsp3) is 0.423. The number of aromatic nitrogens is 3. The molecule has 0 bridgehead atoms. The second-order valence-corrected chi connectivity index (χ2v) is 13.7. The number of ether oxygens (including phenoxy) is 1. The molecule has 4 heterocycles. The van der Waals surface area contributed by atoms with Gasteiger partial charge in [0, 0.05) is 35.6 Å². The summed E-state index contributed by atoms with van der Waals surface area (Å²) in [5, 5.41) is 5.51. The van der Waals surface area contributed by atoms with Crippen molar-refractivity contribution in [1.29, 1.82) is 0 Å². The van der Waals surface area contributed by atoms with Gasteiger partial charge in [0.25, 0.3) is 16.1 Å². The van der Waals surface area contributed by atoms with Crippen LogP contribution in [0.25, 0.3) is 32.2 Å². The van der Waals surface area contributed by atoms with Crippen LogP contribution in [0, 0.1) is 5.82 Å². The van der Waals surface area contributed by atoms with E-state index in [2.05, 4.69) is 19.9 Å². The summed E-state index contributed by atoms with van der Waals surface area (Å²) in [5.41, 5.74) is 6.57. The molecule has 43 heavy (non-hydrogen) atoms. The Morgan fingerprint density at radius 3 is 2.67 bits per heavy atom. The summed E-state index contributed by atoms with van der Waals surface area (Å²) in [6, 6.07) is 6.47. The van der Waals surface area contributed by atoms with Crippen molar-refractivity contribution >= 4 is 65.2 Å². The van der Waals surface area contributed by atoms with E-state index in [4.69, 9.17) is 27.2 Å². The average Bonchev–Trinajstić information content (AvgIpc) is 3.47. The van der Waals surface area contributed by atoms with E-state index < -0.39 is 35.0 Å². The number of para-hydroxylation sites is 1. The zero-order chi connectivity index (χ0) is 30.7. The van der Waals surface area contributed by atoms with E-state index in [-0.39, 0.29) is 59.1 Å². The molecule has 17 heteroatoms. The summed E-state index contributed by atoms with van der Waals surface area (Å²) in [4.78, 5) is 16.5. The number of nitrogens with two attached hydrogens (primary N) is 2. The SMILES string of the molecule is CN1CCC[C@H]1COc1nc(N2CCN(S(N)(=O)=O)CC(F)(F)C2)c2cc(Cl)c(-c3cccc4sc(N)nc34)c(F)c2n1. The van der Waals surface area contributed by atoms with Gasteiger partial charge in [0.2, 0.25) is 0 Å². The maximum absolute atomic E-state index is 16.6. The van der Waals surface area contributed by atoms with E-state index in [0.29, 0.717) is 20.5 Å². The lowest BCUT2D eigenvalue weighted by Crippen LogP contribution is -2.44. The zero-order valence-corrected chi connectivity index (χ0v) is 25.3. The van der Waals surface area contributed by atoms with Gasteiger partial charge in [-0.2, -0.15) is 22.7 Å². The topological polar surface area (TPSA) is 144 Å². The van der Waals surface area contributed by atoms with E-state index in [9.17, 15) is 8.42 Å². The Labute approximate surface area is 254 Å². The second-order valence-electron chi connectivity index (χ2n) is 10.7. The van der Waals surface area contributed by atoms with Gasteiger partial charge in [-0.05, 0) is 38.6 Å².